The van der Waals surface area contributed by atoms with Crippen molar-refractivity contribution in [2.45, 2.75) is 25.7 Å². The number of benzene rings is 1. The molecule has 4 aromatic heterocycles. The second-order valence-electron chi connectivity index (χ2n) is 7.00. The molecule has 6 rings (SSSR count). The third kappa shape index (κ3) is 2.18. The summed E-state index contributed by atoms with van der Waals surface area (Å²) in [6, 6.07) is 8.28. The van der Waals surface area contributed by atoms with Crippen LogP contribution in [0, 0.1) is 0 Å². The van der Waals surface area contributed by atoms with Crippen LogP contribution in [-0.2, 0) is 12.8 Å². The number of fused-ring (bicyclic) bond motifs is 6. The summed E-state index contributed by atoms with van der Waals surface area (Å²) in [5, 5.41) is 13.1. The molecule has 0 N–H and O–H groups in total. The molecule has 8 heteroatoms. The molecule has 0 bridgehead atoms. The predicted octanol–water partition coefficient (Wildman–Crippen LogP) is 3.84. The van der Waals surface area contributed by atoms with E-state index >= 15 is 0 Å². The van der Waals surface area contributed by atoms with Gasteiger partial charge in [0.25, 0.3) is 0 Å². The van der Waals surface area contributed by atoms with Crippen molar-refractivity contribution in [3.05, 3.63) is 41.9 Å². The Hall–Kier alpha value is -3.13. The largest absolute Gasteiger partial charge is 0.497 e. The van der Waals surface area contributed by atoms with Gasteiger partial charge in [-0.1, -0.05) is 12.1 Å². The Balaban J connectivity index is 1.76. The Labute approximate surface area is 164 Å². The second kappa shape index (κ2) is 5.93. The number of hydrogen-bond acceptors (Lipinski definition) is 7. The minimum absolute atomic E-state index is 0.728. The number of thiophene rings is 1. The van der Waals surface area contributed by atoms with Crippen molar-refractivity contribution in [2.75, 3.05) is 7.11 Å². The van der Waals surface area contributed by atoms with Crippen LogP contribution in [-0.4, -0.2) is 37.1 Å². The van der Waals surface area contributed by atoms with E-state index in [0.29, 0.717) is 0 Å². The third-order valence-corrected chi connectivity index (χ3v) is 6.53. The zero-order valence-electron chi connectivity index (χ0n) is 15.2. The molecule has 138 valence electrons. The van der Waals surface area contributed by atoms with Gasteiger partial charge in [0.2, 0.25) is 0 Å². The SMILES string of the molecule is COc1ccc(-c2c3c(nc4sc5c(ncn6nnnc56)c24)CCCC3)cc1. The first-order chi connectivity index (χ1) is 13.8. The molecule has 1 aliphatic carbocycles. The molecular formula is C20H16N6OS. The molecule has 4 heterocycles. The molecule has 28 heavy (non-hydrogen) atoms. The van der Waals surface area contributed by atoms with Crippen molar-refractivity contribution < 1.29 is 4.74 Å². The van der Waals surface area contributed by atoms with Crippen LogP contribution in [0.15, 0.2) is 30.6 Å². The molecule has 5 aromatic rings. The lowest BCUT2D eigenvalue weighted by atomic mass is 9.87. The highest BCUT2D eigenvalue weighted by molar-refractivity contribution is 7.26. The Morgan fingerprint density at radius 2 is 1.96 bits per heavy atom. The quantitative estimate of drug-likeness (QED) is 0.457. The zero-order valence-corrected chi connectivity index (χ0v) is 16.0. The minimum Gasteiger partial charge on any atom is -0.497 e. The Bertz CT molecular complexity index is 1350. The molecule has 0 radical (unpaired) electrons. The van der Waals surface area contributed by atoms with Crippen molar-refractivity contribution in [3.63, 3.8) is 0 Å². The third-order valence-electron chi connectivity index (χ3n) is 5.46. The number of aryl methyl sites for hydroxylation is 1. The first kappa shape index (κ1) is 15.9. The Morgan fingerprint density at radius 1 is 1.11 bits per heavy atom. The lowest BCUT2D eigenvalue weighted by molar-refractivity contribution is 0.415. The number of tetrazole rings is 1. The van der Waals surface area contributed by atoms with Crippen LogP contribution in [0.5, 0.6) is 5.75 Å². The second-order valence-corrected chi connectivity index (χ2v) is 8.00. The van der Waals surface area contributed by atoms with Crippen LogP contribution in [0.3, 0.4) is 0 Å². The number of pyridine rings is 1. The zero-order chi connectivity index (χ0) is 18.7. The molecule has 0 spiro atoms. The van der Waals surface area contributed by atoms with Crippen molar-refractivity contribution in [1.82, 2.24) is 30.0 Å². The van der Waals surface area contributed by atoms with E-state index < -0.39 is 0 Å². The molecule has 7 nitrogen and oxygen atoms in total. The van der Waals surface area contributed by atoms with Gasteiger partial charge in [-0.2, -0.15) is 4.52 Å². The van der Waals surface area contributed by atoms with E-state index in [1.807, 2.05) is 12.1 Å². The van der Waals surface area contributed by atoms with Crippen LogP contribution in [0.1, 0.15) is 24.1 Å². The number of ether oxygens (including phenoxy) is 1. The summed E-state index contributed by atoms with van der Waals surface area (Å²) < 4.78 is 7.95. The molecule has 0 amide bonds. The maximum atomic E-state index is 5.35. The summed E-state index contributed by atoms with van der Waals surface area (Å²) in [5.41, 5.74) is 6.64. The molecular weight excluding hydrogens is 372 g/mol. The van der Waals surface area contributed by atoms with Gasteiger partial charge in [0.1, 0.15) is 21.6 Å². The number of aromatic nitrogens is 6. The maximum Gasteiger partial charge on any atom is 0.200 e. The molecule has 0 saturated heterocycles. The summed E-state index contributed by atoms with van der Waals surface area (Å²) in [5.74, 6) is 0.854. The summed E-state index contributed by atoms with van der Waals surface area (Å²) in [6.45, 7) is 0. The van der Waals surface area contributed by atoms with Gasteiger partial charge < -0.3 is 4.74 Å². The van der Waals surface area contributed by atoms with Crippen molar-refractivity contribution in [3.8, 4) is 16.9 Å². The van der Waals surface area contributed by atoms with Crippen LogP contribution in [0.4, 0.5) is 0 Å². The molecule has 0 aliphatic heterocycles. The van der Waals surface area contributed by atoms with Gasteiger partial charge >= 0.3 is 0 Å². The Morgan fingerprint density at radius 3 is 2.82 bits per heavy atom. The fourth-order valence-corrected chi connectivity index (χ4v) is 5.28. The fourth-order valence-electron chi connectivity index (χ4n) is 4.15. The van der Waals surface area contributed by atoms with E-state index in [1.165, 1.54) is 35.2 Å². The molecule has 1 aliphatic rings. The number of rotatable bonds is 2. The fraction of sp³-hybridized carbons (Fsp3) is 0.250. The van der Waals surface area contributed by atoms with Crippen LogP contribution >= 0.6 is 11.3 Å². The monoisotopic (exact) mass is 388 g/mol. The Kier molecular flexibility index (Phi) is 3.37. The van der Waals surface area contributed by atoms with Gasteiger partial charge in [-0.25, -0.2) is 9.97 Å². The molecule has 1 aromatic carbocycles. The lowest BCUT2D eigenvalue weighted by Gasteiger charge is -2.20. The van der Waals surface area contributed by atoms with E-state index in [2.05, 4.69) is 27.7 Å². The average Bonchev–Trinajstić information content (AvgIpc) is 3.36. The standard InChI is InChI=1S/C20H16N6OS/c1-27-12-8-6-11(7-9-12)15-13-4-2-3-5-14(13)22-20-16(15)17-18(28-20)19-23-24-25-26(19)10-21-17/h6-10H,2-5H2,1H3. The number of methoxy groups -OCH3 is 1. The predicted molar refractivity (Wildman–Crippen MR) is 108 cm³/mol. The van der Waals surface area contributed by atoms with E-state index in [1.54, 1.807) is 29.3 Å². The van der Waals surface area contributed by atoms with E-state index in [9.17, 15) is 0 Å². The van der Waals surface area contributed by atoms with Crippen LogP contribution in [0.2, 0.25) is 0 Å². The highest BCUT2D eigenvalue weighted by Crippen LogP contribution is 2.43. The van der Waals surface area contributed by atoms with Crippen molar-refractivity contribution >= 4 is 37.4 Å². The molecule has 0 atom stereocenters. The van der Waals surface area contributed by atoms with E-state index in [0.717, 1.165) is 44.7 Å². The highest BCUT2D eigenvalue weighted by atomic mass is 32.1. The van der Waals surface area contributed by atoms with E-state index in [-0.39, 0.29) is 0 Å². The van der Waals surface area contributed by atoms with Crippen LogP contribution in [0.25, 0.3) is 37.2 Å². The summed E-state index contributed by atoms with van der Waals surface area (Å²) >= 11 is 1.62. The van der Waals surface area contributed by atoms with E-state index in [4.69, 9.17) is 14.7 Å². The molecule has 0 saturated carbocycles. The van der Waals surface area contributed by atoms with Crippen molar-refractivity contribution in [1.29, 1.82) is 0 Å². The lowest BCUT2D eigenvalue weighted by Crippen LogP contribution is -2.07. The van der Waals surface area contributed by atoms with Gasteiger partial charge in [0.15, 0.2) is 5.65 Å². The summed E-state index contributed by atoms with van der Waals surface area (Å²) in [6.07, 6.45) is 6.14. The smallest absolute Gasteiger partial charge is 0.200 e. The number of hydrogen-bond donors (Lipinski definition) is 0. The topological polar surface area (TPSA) is 78.1 Å². The maximum absolute atomic E-state index is 5.35. The number of nitrogens with zero attached hydrogens (tertiary/aromatic N) is 6. The highest BCUT2D eigenvalue weighted by Gasteiger charge is 2.24. The van der Waals surface area contributed by atoms with Gasteiger partial charge in [-0.15, -0.1) is 16.4 Å². The van der Waals surface area contributed by atoms with Gasteiger partial charge in [0.05, 0.1) is 12.6 Å². The summed E-state index contributed by atoms with van der Waals surface area (Å²) in [4.78, 5) is 10.7. The normalized spacial score (nSPS) is 14.0. The van der Waals surface area contributed by atoms with Crippen LogP contribution < -0.4 is 4.74 Å². The first-order valence-electron chi connectivity index (χ1n) is 9.28. The molecule has 0 unspecified atom stereocenters. The first-order valence-corrected chi connectivity index (χ1v) is 10.1. The summed E-state index contributed by atoms with van der Waals surface area (Å²) in [7, 11) is 1.69. The minimum atomic E-state index is 0.728. The van der Waals surface area contributed by atoms with Gasteiger partial charge in [0, 0.05) is 11.1 Å². The van der Waals surface area contributed by atoms with Gasteiger partial charge in [-0.3, -0.25) is 0 Å². The van der Waals surface area contributed by atoms with Crippen molar-refractivity contribution in [2.24, 2.45) is 0 Å². The van der Waals surface area contributed by atoms with Gasteiger partial charge in [-0.05, 0) is 64.9 Å². The average molecular weight is 388 g/mol. The molecule has 0 fully saturated rings.